The first-order chi connectivity index (χ1) is 19.6. The Morgan fingerprint density at radius 2 is 1.50 bits per heavy atom. The van der Waals surface area contributed by atoms with Gasteiger partial charge in [0, 0.05) is 13.7 Å². The number of nitrogens with two attached hydrogens (primary N) is 1. The molecule has 0 radical (unpaired) electrons. The third-order valence-corrected chi connectivity index (χ3v) is 7.40. The molecular formula is C33H40N4O3. The van der Waals surface area contributed by atoms with E-state index in [2.05, 4.69) is 0 Å². The summed E-state index contributed by atoms with van der Waals surface area (Å²) in [7, 11) is 1.62. The Hall–Kier alpha value is -3.81. The van der Waals surface area contributed by atoms with Gasteiger partial charge in [-0.05, 0) is 49.6 Å². The van der Waals surface area contributed by atoms with Crippen molar-refractivity contribution in [3.05, 3.63) is 112 Å². The van der Waals surface area contributed by atoms with Gasteiger partial charge in [0.1, 0.15) is 5.82 Å². The van der Waals surface area contributed by atoms with Crippen LogP contribution in [0.4, 0.5) is 0 Å². The van der Waals surface area contributed by atoms with Crippen LogP contribution in [0.25, 0.3) is 10.9 Å². The fraction of sp³-hybridized carbons (Fsp3) is 0.364. The molecule has 0 spiro atoms. The molecule has 0 aliphatic heterocycles. The van der Waals surface area contributed by atoms with Crippen molar-refractivity contribution >= 4 is 16.8 Å². The number of carbonyl (C=O) groups is 1. The molecule has 0 fully saturated rings. The van der Waals surface area contributed by atoms with Gasteiger partial charge < -0.3 is 15.4 Å². The maximum Gasteiger partial charge on any atom is 0.261 e. The van der Waals surface area contributed by atoms with Crippen molar-refractivity contribution in [2.75, 3.05) is 26.8 Å². The van der Waals surface area contributed by atoms with E-state index < -0.39 is 12.0 Å². The smallest absolute Gasteiger partial charge is 0.261 e. The van der Waals surface area contributed by atoms with Gasteiger partial charge in [0.05, 0.1) is 36.0 Å². The number of carbonyl (C=O) groups excluding carboxylic acids is 1. The number of hydrogen-bond donors (Lipinski definition) is 1. The highest BCUT2D eigenvalue weighted by atomic mass is 16.5. The normalized spacial score (nSPS) is 12.1. The Balaban J connectivity index is 1.79. The Morgan fingerprint density at radius 3 is 2.12 bits per heavy atom. The molecule has 0 aliphatic rings. The van der Waals surface area contributed by atoms with E-state index in [0.717, 1.165) is 36.8 Å². The molecule has 0 saturated carbocycles. The van der Waals surface area contributed by atoms with Gasteiger partial charge >= 0.3 is 0 Å². The predicted molar refractivity (Wildman–Crippen MR) is 160 cm³/mol. The van der Waals surface area contributed by atoms with Crippen LogP contribution in [0.15, 0.2) is 89.7 Å². The zero-order valence-corrected chi connectivity index (χ0v) is 23.5. The van der Waals surface area contributed by atoms with Gasteiger partial charge in [-0.15, -0.1) is 0 Å². The molecule has 1 heterocycles. The van der Waals surface area contributed by atoms with Crippen molar-refractivity contribution in [1.82, 2.24) is 14.5 Å². The zero-order chi connectivity index (χ0) is 28.3. The largest absolute Gasteiger partial charge is 0.383 e. The minimum atomic E-state index is -0.478. The zero-order valence-electron chi connectivity index (χ0n) is 23.5. The first-order valence-electron chi connectivity index (χ1n) is 14.2. The van der Waals surface area contributed by atoms with E-state index in [9.17, 15) is 9.59 Å². The topological polar surface area (TPSA) is 90.4 Å². The number of hydrogen-bond acceptors (Lipinski definition) is 5. The number of methoxy groups -OCH3 is 1. The Kier molecular flexibility index (Phi) is 10.6. The standard InChI is InChI=1S/C33H40N4O3/c1-25(31-35-29-20-12-11-19-28(29)32(38)37(31)23-24-40-2)36(22-14-4-3-13-21-34)33(39)30(26-15-7-5-8-16-26)27-17-9-6-10-18-27/h5-12,15-20,25,30H,3-4,13-14,21-24,34H2,1-2H3. The third kappa shape index (κ3) is 6.84. The van der Waals surface area contributed by atoms with Gasteiger partial charge in [-0.1, -0.05) is 85.6 Å². The average Bonchev–Trinajstić information content (AvgIpc) is 2.99. The van der Waals surface area contributed by atoms with Crippen LogP contribution in [-0.2, 0) is 16.1 Å². The number of rotatable bonds is 14. The third-order valence-electron chi connectivity index (χ3n) is 7.40. The molecule has 4 rings (SSSR count). The number of para-hydroxylation sites is 1. The molecule has 2 N–H and O–H groups in total. The molecule has 1 atom stereocenters. The molecule has 210 valence electrons. The van der Waals surface area contributed by atoms with Crippen molar-refractivity contribution in [2.24, 2.45) is 5.73 Å². The number of benzene rings is 3. The van der Waals surface area contributed by atoms with Crippen LogP contribution in [0.1, 0.15) is 61.5 Å². The minimum absolute atomic E-state index is 0.00979. The summed E-state index contributed by atoms with van der Waals surface area (Å²) >= 11 is 0. The van der Waals surface area contributed by atoms with Crippen molar-refractivity contribution in [3.63, 3.8) is 0 Å². The molecule has 7 heteroatoms. The number of fused-ring (bicyclic) bond motifs is 1. The lowest BCUT2D eigenvalue weighted by molar-refractivity contribution is -0.134. The van der Waals surface area contributed by atoms with Gasteiger partial charge in [-0.2, -0.15) is 0 Å². The SMILES string of the molecule is COCCn1c(C(C)N(CCCCCCN)C(=O)C(c2ccccc2)c2ccccc2)nc2ccccc2c1=O. The van der Waals surface area contributed by atoms with Gasteiger partial charge in [0.25, 0.3) is 5.56 Å². The highest BCUT2D eigenvalue weighted by molar-refractivity contribution is 5.87. The molecule has 0 aliphatic carbocycles. The molecule has 1 aromatic heterocycles. The lowest BCUT2D eigenvalue weighted by Gasteiger charge is -2.34. The molecule has 0 bridgehead atoms. The summed E-state index contributed by atoms with van der Waals surface area (Å²) in [6.45, 7) is 3.91. The fourth-order valence-corrected chi connectivity index (χ4v) is 5.25. The van der Waals surface area contributed by atoms with E-state index in [1.165, 1.54) is 0 Å². The molecule has 7 nitrogen and oxygen atoms in total. The molecule has 3 aromatic carbocycles. The Labute approximate surface area is 236 Å². The highest BCUT2D eigenvalue weighted by Gasteiger charge is 2.32. The number of amides is 1. The van der Waals surface area contributed by atoms with Gasteiger partial charge in [0.15, 0.2) is 0 Å². The number of unbranched alkanes of at least 4 members (excludes halogenated alkanes) is 3. The van der Waals surface area contributed by atoms with Crippen molar-refractivity contribution in [1.29, 1.82) is 0 Å². The Morgan fingerprint density at radius 1 is 0.900 bits per heavy atom. The summed E-state index contributed by atoms with van der Waals surface area (Å²) in [5, 5.41) is 0.556. The van der Waals surface area contributed by atoms with E-state index >= 15 is 0 Å². The van der Waals surface area contributed by atoms with E-state index in [1.807, 2.05) is 90.7 Å². The van der Waals surface area contributed by atoms with Crippen LogP contribution in [0, 0.1) is 0 Å². The quantitative estimate of drug-likeness (QED) is 0.220. The Bertz CT molecular complexity index is 1380. The van der Waals surface area contributed by atoms with Gasteiger partial charge in [0.2, 0.25) is 5.91 Å². The van der Waals surface area contributed by atoms with Crippen LogP contribution in [0.5, 0.6) is 0 Å². The molecule has 1 amide bonds. The minimum Gasteiger partial charge on any atom is -0.383 e. The van der Waals surface area contributed by atoms with E-state index in [4.69, 9.17) is 15.5 Å². The van der Waals surface area contributed by atoms with Crippen molar-refractivity contribution in [2.45, 2.75) is 51.1 Å². The maximum absolute atomic E-state index is 14.6. The van der Waals surface area contributed by atoms with E-state index in [0.29, 0.717) is 43.0 Å². The molecular weight excluding hydrogens is 500 g/mol. The van der Waals surface area contributed by atoms with Crippen LogP contribution in [0.2, 0.25) is 0 Å². The second-order valence-electron chi connectivity index (χ2n) is 10.1. The predicted octanol–water partition coefficient (Wildman–Crippen LogP) is 5.28. The number of aromatic nitrogens is 2. The average molecular weight is 541 g/mol. The molecule has 4 aromatic rings. The van der Waals surface area contributed by atoms with Crippen molar-refractivity contribution in [3.8, 4) is 0 Å². The summed E-state index contributed by atoms with van der Waals surface area (Å²) in [6.07, 6.45) is 3.78. The summed E-state index contributed by atoms with van der Waals surface area (Å²) < 4.78 is 7.01. The summed E-state index contributed by atoms with van der Waals surface area (Å²) in [5.74, 6) is 0.0776. The first-order valence-corrected chi connectivity index (χ1v) is 14.2. The molecule has 0 saturated heterocycles. The van der Waals surface area contributed by atoms with Gasteiger partial charge in [-0.25, -0.2) is 4.98 Å². The van der Waals surface area contributed by atoms with Gasteiger partial charge in [-0.3, -0.25) is 14.2 Å². The van der Waals surface area contributed by atoms with E-state index in [-0.39, 0.29) is 11.5 Å². The monoisotopic (exact) mass is 540 g/mol. The lowest BCUT2D eigenvalue weighted by Crippen LogP contribution is -2.41. The number of nitrogens with zero attached hydrogens (tertiary/aromatic N) is 3. The summed E-state index contributed by atoms with van der Waals surface area (Å²) in [5.41, 5.74) is 8.08. The second kappa shape index (κ2) is 14.5. The van der Waals surface area contributed by atoms with Crippen LogP contribution >= 0.6 is 0 Å². The second-order valence-corrected chi connectivity index (χ2v) is 10.1. The van der Waals surface area contributed by atoms with Crippen LogP contribution in [-0.4, -0.2) is 47.2 Å². The van der Waals surface area contributed by atoms with E-state index in [1.54, 1.807) is 17.7 Å². The van der Waals surface area contributed by atoms with Crippen LogP contribution in [0.3, 0.4) is 0 Å². The maximum atomic E-state index is 14.6. The lowest BCUT2D eigenvalue weighted by atomic mass is 9.89. The summed E-state index contributed by atoms with van der Waals surface area (Å²) in [4.78, 5) is 35.1. The summed E-state index contributed by atoms with van der Waals surface area (Å²) in [6, 6.07) is 26.7. The first kappa shape index (κ1) is 29.2. The number of ether oxygens (including phenoxy) is 1. The van der Waals surface area contributed by atoms with Crippen LogP contribution < -0.4 is 11.3 Å². The molecule has 40 heavy (non-hydrogen) atoms. The highest BCUT2D eigenvalue weighted by Crippen LogP contribution is 2.31. The molecule has 1 unspecified atom stereocenters. The fourth-order valence-electron chi connectivity index (χ4n) is 5.25. The van der Waals surface area contributed by atoms with Crippen molar-refractivity contribution < 1.29 is 9.53 Å².